The highest BCUT2D eigenvalue weighted by Crippen LogP contribution is 2.36. The maximum atomic E-state index is 6.44. The number of benzene rings is 4. The first-order valence-electron chi connectivity index (χ1n) is 6.33. The van der Waals surface area contributed by atoms with E-state index in [1.807, 2.05) is 6.07 Å². The van der Waals surface area contributed by atoms with Crippen molar-refractivity contribution in [2.75, 3.05) is 0 Å². The van der Waals surface area contributed by atoms with Crippen molar-refractivity contribution in [2.24, 2.45) is 0 Å². The number of halogens is 1. The fraction of sp³-hybridized carbons (Fsp3) is 0. The summed E-state index contributed by atoms with van der Waals surface area (Å²) in [5.41, 5.74) is 0. The molecule has 4 rings (SSSR count). The van der Waals surface area contributed by atoms with Crippen molar-refractivity contribution in [1.29, 1.82) is 0 Å². The van der Waals surface area contributed by atoms with E-state index in [1.54, 1.807) is 0 Å². The Morgan fingerprint density at radius 2 is 1.21 bits per heavy atom. The van der Waals surface area contributed by atoms with Crippen molar-refractivity contribution < 1.29 is 0 Å². The van der Waals surface area contributed by atoms with E-state index in [0.29, 0.717) is 0 Å². The zero-order chi connectivity index (χ0) is 12.8. The van der Waals surface area contributed by atoms with Gasteiger partial charge >= 0.3 is 0 Å². The van der Waals surface area contributed by atoms with Crippen molar-refractivity contribution in [2.45, 2.75) is 0 Å². The van der Waals surface area contributed by atoms with Crippen molar-refractivity contribution in [1.82, 2.24) is 0 Å². The Bertz CT molecular complexity index is 907. The fourth-order valence-corrected chi connectivity index (χ4v) is 3.10. The van der Waals surface area contributed by atoms with Gasteiger partial charge < -0.3 is 0 Å². The molecule has 0 heterocycles. The second kappa shape index (κ2) is 3.97. The highest BCUT2D eigenvalue weighted by Gasteiger charge is 2.07. The average Bonchev–Trinajstić information content (AvgIpc) is 2.47. The van der Waals surface area contributed by atoms with E-state index in [9.17, 15) is 0 Å². The second-order valence-electron chi connectivity index (χ2n) is 4.79. The molecule has 19 heavy (non-hydrogen) atoms. The molecular weight excluding hydrogens is 252 g/mol. The number of hydrogen-bond donors (Lipinski definition) is 0. The molecule has 0 N–H and O–H groups in total. The first kappa shape index (κ1) is 10.8. The third-order valence-electron chi connectivity index (χ3n) is 3.70. The van der Waals surface area contributed by atoms with Crippen LogP contribution >= 0.6 is 11.6 Å². The lowest BCUT2D eigenvalue weighted by atomic mass is 9.96. The van der Waals surface area contributed by atoms with E-state index in [2.05, 4.69) is 60.7 Å². The standard InChI is InChI=1S/C18H11Cl/c19-17-11-13-6-2-4-8-15(13)18-14-7-3-1-5-12(14)9-10-16(17)18/h1-11H. The van der Waals surface area contributed by atoms with Crippen molar-refractivity contribution in [3.8, 4) is 0 Å². The lowest BCUT2D eigenvalue weighted by molar-refractivity contribution is 1.77. The Morgan fingerprint density at radius 1 is 0.579 bits per heavy atom. The van der Waals surface area contributed by atoms with Gasteiger partial charge in [0.05, 0.1) is 0 Å². The summed E-state index contributed by atoms with van der Waals surface area (Å²) in [6.45, 7) is 0. The van der Waals surface area contributed by atoms with Gasteiger partial charge in [-0.2, -0.15) is 0 Å². The topological polar surface area (TPSA) is 0 Å². The summed E-state index contributed by atoms with van der Waals surface area (Å²) < 4.78 is 0. The monoisotopic (exact) mass is 262 g/mol. The highest BCUT2D eigenvalue weighted by molar-refractivity contribution is 6.39. The predicted octanol–water partition coefficient (Wildman–Crippen LogP) is 5.80. The van der Waals surface area contributed by atoms with Gasteiger partial charge in [-0.05, 0) is 33.0 Å². The van der Waals surface area contributed by atoms with Gasteiger partial charge in [0.25, 0.3) is 0 Å². The van der Waals surface area contributed by atoms with Gasteiger partial charge in [-0.3, -0.25) is 0 Å². The van der Waals surface area contributed by atoms with Gasteiger partial charge in [0.1, 0.15) is 0 Å². The molecule has 1 heteroatoms. The molecular formula is C18H11Cl. The van der Waals surface area contributed by atoms with Crippen molar-refractivity contribution >= 4 is 43.9 Å². The van der Waals surface area contributed by atoms with Crippen LogP contribution in [0.3, 0.4) is 0 Å². The van der Waals surface area contributed by atoms with Crippen LogP contribution in [-0.4, -0.2) is 0 Å². The van der Waals surface area contributed by atoms with Gasteiger partial charge in [-0.1, -0.05) is 72.3 Å². The zero-order valence-corrected chi connectivity index (χ0v) is 11.0. The van der Waals surface area contributed by atoms with Crippen LogP contribution in [0.4, 0.5) is 0 Å². The molecule has 0 spiro atoms. The third-order valence-corrected chi connectivity index (χ3v) is 4.01. The Balaban J connectivity index is 2.40. The molecule has 0 radical (unpaired) electrons. The van der Waals surface area contributed by atoms with Crippen molar-refractivity contribution in [3.05, 3.63) is 71.8 Å². The van der Waals surface area contributed by atoms with E-state index >= 15 is 0 Å². The zero-order valence-electron chi connectivity index (χ0n) is 10.2. The van der Waals surface area contributed by atoms with Crippen LogP contribution in [0.5, 0.6) is 0 Å². The summed E-state index contributed by atoms with van der Waals surface area (Å²) >= 11 is 6.44. The third kappa shape index (κ3) is 1.54. The molecule has 0 fully saturated rings. The van der Waals surface area contributed by atoms with Gasteiger partial charge in [-0.15, -0.1) is 0 Å². The van der Waals surface area contributed by atoms with Crippen LogP contribution in [0.1, 0.15) is 0 Å². The Hall–Kier alpha value is -2.05. The molecule has 0 unspecified atom stereocenters. The second-order valence-corrected chi connectivity index (χ2v) is 5.20. The Kier molecular flexibility index (Phi) is 2.27. The van der Waals surface area contributed by atoms with E-state index in [-0.39, 0.29) is 0 Å². The number of fused-ring (bicyclic) bond motifs is 5. The van der Waals surface area contributed by atoms with E-state index in [4.69, 9.17) is 11.6 Å². The summed E-state index contributed by atoms with van der Waals surface area (Å²) in [6, 6.07) is 23.2. The molecule has 4 aromatic carbocycles. The molecule has 0 amide bonds. The van der Waals surface area contributed by atoms with E-state index < -0.39 is 0 Å². The quantitative estimate of drug-likeness (QED) is 0.351. The summed E-state index contributed by atoms with van der Waals surface area (Å²) in [4.78, 5) is 0. The average molecular weight is 263 g/mol. The first-order chi connectivity index (χ1) is 9.34. The summed E-state index contributed by atoms with van der Waals surface area (Å²) in [5, 5.41) is 8.16. The van der Waals surface area contributed by atoms with Gasteiger partial charge in [0.2, 0.25) is 0 Å². The largest absolute Gasteiger partial charge is 0.0836 e. The molecule has 0 aliphatic rings. The van der Waals surface area contributed by atoms with Crippen LogP contribution in [0, 0.1) is 0 Å². The summed E-state index contributed by atoms with van der Waals surface area (Å²) in [6.07, 6.45) is 0. The smallest absolute Gasteiger partial charge is 0.0491 e. The van der Waals surface area contributed by atoms with Gasteiger partial charge in [0, 0.05) is 10.4 Å². The SMILES string of the molecule is Clc1cc2ccccc2c2c1ccc1ccccc12. The molecule has 0 aromatic heterocycles. The minimum absolute atomic E-state index is 0.819. The minimum Gasteiger partial charge on any atom is -0.0836 e. The Labute approximate surface area is 116 Å². The maximum absolute atomic E-state index is 6.44. The molecule has 0 bridgehead atoms. The molecule has 4 aromatic rings. The van der Waals surface area contributed by atoms with Crippen LogP contribution < -0.4 is 0 Å². The van der Waals surface area contributed by atoms with Crippen LogP contribution in [0.2, 0.25) is 5.02 Å². The van der Waals surface area contributed by atoms with Crippen LogP contribution in [-0.2, 0) is 0 Å². The molecule has 0 saturated heterocycles. The first-order valence-corrected chi connectivity index (χ1v) is 6.71. The fourth-order valence-electron chi connectivity index (χ4n) is 2.83. The van der Waals surface area contributed by atoms with E-state index in [1.165, 1.54) is 26.9 Å². The highest BCUT2D eigenvalue weighted by atomic mass is 35.5. The minimum atomic E-state index is 0.819. The predicted molar refractivity (Wildman–Crippen MR) is 84.0 cm³/mol. The Morgan fingerprint density at radius 3 is 2.00 bits per heavy atom. The van der Waals surface area contributed by atoms with E-state index in [0.717, 1.165) is 10.4 Å². The lowest BCUT2D eigenvalue weighted by Crippen LogP contribution is -1.82. The summed E-state index contributed by atoms with van der Waals surface area (Å²) in [5.74, 6) is 0. The molecule has 0 aliphatic heterocycles. The lowest BCUT2D eigenvalue weighted by Gasteiger charge is -2.09. The number of hydrogen-bond acceptors (Lipinski definition) is 0. The molecule has 0 aliphatic carbocycles. The summed E-state index contributed by atoms with van der Waals surface area (Å²) in [7, 11) is 0. The van der Waals surface area contributed by atoms with Gasteiger partial charge in [0.15, 0.2) is 0 Å². The molecule has 90 valence electrons. The number of rotatable bonds is 0. The van der Waals surface area contributed by atoms with Gasteiger partial charge in [-0.25, -0.2) is 0 Å². The molecule has 0 atom stereocenters. The van der Waals surface area contributed by atoms with Crippen LogP contribution in [0.25, 0.3) is 32.3 Å². The normalized spacial score (nSPS) is 11.4. The van der Waals surface area contributed by atoms with Crippen molar-refractivity contribution in [3.63, 3.8) is 0 Å². The maximum Gasteiger partial charge on any atom is 0.0491 e. The molecule has 0 saturated carbocycles. The molecule has 0 nitrogen and oxygen atoms in total. The van der Waals surface area contributed by atoms with Crippen LogP contribution in [0.15, 0.2) is 66.7 Å².